The molecule has 0 radical (unpaired) electrons. The van der Waals surface area contributed by atoms with E-state index in [-0.39, 0.29) is 27.5 Å². The highest BCUT2D eigenvalue weighted by Gasteiger charge is 2.31. The molecule has 0 atom stereocenters. The van der Waals surface area contributed by atoms with Crippen LogP contribution in [0.25, 0.3) is 11.0 Å². The van der Waals surface area contributed by atoms with Crippen LogP contribution in [0.5, 0.6) is 5.75 Å². The number of hydrogen-bond acceptors (Lipinski definition) is 6. The molecule has 1 saturated heterocycles. The number of sulfonamides is 1. The van der Waals surface area contributed by atoms with Crippen LogP contribution in [-0.2, 0) is 21.4 Å². The number of para-hydroxylation sites is 2. The maximum absolute atomic E-state index is 13.6. The minimum Gasteiger partial charge on any atom is -0.495 e. The summed E-state index contributed by atoms with van der Waals surface area (Å²) < 4.78 is 65.5. The van der Waals surface area contributed by atoms with Crippen molar-refractivity contribution in [1.82, 2.24) is 13.9 Å². The van der Waals surface area contributed by atoms with Gasteiger partial charge in [0.15, 0.2) is 5.82 Å². The molecule has 32 heavy (non-hydrogen) atoms. The Hall–Kier alpha value is -3.05. The molecule has 2 aromatic carbocycles. The van der Waals surface area contributed by atoms with Crippen molar-refractivity contribution in [3.63, 3.8) is 0 Å². The van der Waals surface area contributed by atoms with Gasteiger partial charge in [0.25, 0.3) is 0 Å². The average Bonchev–Trinajstić information content (AvgIpc) is 3.45. The van der Waals surface area contributed by atoms with Crippen LogP contribution in [0.2, 0.25) is 0 Å². The standard InChI is InChI=1S/C21H21F2N3O5S/c1-30-17-9-8-14(12-18(17)32(28,29)25-10-4-5-11-25)20(27)31-13-19-24-15-6-2-3-7-16(15)26(19)21(22)23/h2-3,6-9,12,21H,4-5,10-11,13H2,1H3. The lowest BCUT2D eigenvalue weighted by molar-refractivity contribution is 0.0387. The van der Waals surface area contributed by atoms with Gasteiger partial charge in [-0.05, 0) is 43.2 Å². The highest BCUT2D eigenvalue weighted by Crippen LogP contribution is 2.30. The van der Waals surface area contributed by atoms with Gasteiger partial charge in [0.1, 0.15) is 17.3 Å². The van der Waals surface area contributed by atoms with E-state index in [0.717, 1.165) is 12.8 Å². The summed E-state index contributed by atoms with van der Waals surface area (Å²) in [6.07, 6.45) is 1.52. The van der Waals surface area contributed by atoms with E-state index in [2.05, 4.69) is 4.98 Å². The Morgan fingerprint density at radius 3 is 2.56 bits per heavy atom. The summed E-state index contributed by atoms with van der Waals surface area (Å²) in [4.78, 5) is 16.6. The van der Waals surface area contributed by atoms with E-state index < -0.39 is 29.1 Å². The summed E-state index contributed by atoms with van der Waals surface area (Å²) in [5, 5.41) is 0. The van der Waals surface area contributed by atoms with Crippen LogP contribution in [0.4, 0.5) is 8.78 Å². The lowest BCUT2D eigenvalue weighted by Crippen LogP contribution is -2.28. The third-order valence-electron chi connectivity index (χ3n) is 5.28. The van der Waals surface area contributed by atoms with Crippen molar-refractivity contribution in [2.75, 3.05) is 20.2 Å². The quantitative estimate of drug-likeness (QED) is 0.496. The first kappa shape index (κ1) is 22.2. The van der Waals surface area contributed by atoms with Gasteiger partial charge in [0.2, 0.25) is 10.0 Å². The molecule has 3 aromatic rings. The number of aromatic nitrogens is 2. The number of carbonyl (C=O) groups excluding carboxylic acids is 1. The van der Waals surface area contributed by atoms with E-state index in [4.69, 9.17) is 9.47 Å². The Balaban J connectivity index is 1.60. The summed E-state index contributed by atoms with van der Waals surface area (Å²) >= 11 is 0. The van der Waals surface area contributed by atoms with Crippen molar-refractivity contribution in [2.24, 2.45) is 0 Å². The van der Waals surface area contributed by atoms with Gasteiger partial charge >= 0.3 is 12.5 Å². The summed E-state index contributed by atoms with van der Waals surface area (Å²) in [5.74, 6) is -0.876. The van der Waals surface area contributed by atoms with Crippen molar-refractivity contribution >= 4 is 27.0 Å². The lowest BCUT2D eigenvalue weighted by Gasteiger charge is -2.18. The third-order valence-corrected chi connectivity index (χ3v) is 7.20. The Bertz CT molecular complexity index is 1250. The SMILES string of the molecule is COc1ccc(C(=O)OCc2nc3ccccc3n2C(F)F)cc1S(=O)(=O)N1CCCC1. The molecule has 0 spiro atoms. The smallest absolute Gasteiger partial charge is 0.338 e. The molecule has 0 bridgehead atoms. The largest absolute Gasteiger partial charge is 0.495 e. The van der Waals surface area contributed by atoms with Crippen LogP contribution < -0.4 is 4.74 Å². The Morgan fingerprint density at radius 1 is 1.16 bits per heavy atom. The zero-order valence-electron chi connectivity index (χ0n) is 17.2. The molecule has 1 aliphatic heterocycles. The molecule has 1 aliphatic rings. The van der Waals surface area contributed by atoms with Crippen molar-refractivity contribution in [3.05, 3.63) is 53.9 Å². The number of fused-ring (bicyclic) bond motifs is 1. The third kappa shape index (κ3) is 4.05. The Labute approximate surface area is 183 Å². The molecule has 0 unspecified atom stereocenters. The van der Waals surface area contributed by atoms with E-state index in [1.807, 2.05) is 0 Å². The molecule has 170 valence electrons. The summed E-state index contributed by atoms with van der Waals surface area (Å²) in [6.45, 7) is -2.58. The predicted molar refractivity (Wildman–Crippen MR) is 111 cm³/mol. The zero-order chi connectivity index (χ0) is 22.9. The van der Waals surface area contributed by atoms with Gasteiger partial charge in [0, 0.05) is 13.1 Å². The molecular weight excluding hydrogens is 444 g/mol. The van der Waals surface area contributed by atoms with Gasteiger partial charge in [0.05, 0.1) is 23.7 Å². The van der Waals surface area contributed by atoms with Crippen LogP contribution in [-0.4, -0.2) is 48.4 Å². The number of esters is 1. The molecule has 0 N–H and O–H groups in total. The summed E-state index contributed by atoms with van der Waals surface area (Å²) in [6, 6.07) is 10.3. The van der Waals surface area contributed by atoms with Gasteiger partial charge < -0.3 is 9.47 Å². The number of methoxy groups -OCH3 is 1. The molecule has 0 aliphatic carbocycles. The molecule has 4 rings (SSSR count). The molecule has 11 heteroatoms. The fourth-order valence-corrected chi connectivity index (χ4v) is 5.40. The number of hydrogen-bond donors (Lipinski definition) is 0. The van der Waals surface area contributed by atoms with E-state index in [1.165, 1.54) is 35.7 Å². The minimum absolute atomic E-state index is 0.0386. The van der Waals surface area contributed by atoms with E-state index in [0.29, 0.717) is 23.2 Å². The first-order valence-electron chi connectivity index (χ1n) is 9.92. The van der Waals surface area contributed by atoms with Gasteiger partial charge in [-0.3, -0.25) is 4.57 Å². The zero-order valence-corrected chi connectivity index (χ0v) is 18.0. The Morgan fingerprint density at radius 2 is 1.88 bits per heavy atom. The van der Waals surface area contributed by atoms with Crippen LogP contribution in [0.1, 0.15) is 35.6 Å². The van der Waals surface area contributed by atoms with E-state index in [9.17, 15) is 22.0 Å². The second kappa shape index (κ2) is 8.83. The molecule has 0 saturated carbocycles. The molecule has 1 fully saturated rings. The highest BCUT2D eigenvalue weighted by molar-refractivity contribution is 7.89. The fourth-order valence-electron chi connectivity index (χ4n) is 3.70. The monoisotopic (exact) mass is 465 g/mol. The van der Waals surface area contributed by atoms with Crippen LogP contribution in [0.15, 0.2) is 47.4 Å². The van der Waals surface area contributed by atoms with Crippen molar-refractivity contribution in [2.45, 2.75) is 30.9 Å². The van der Waals surface area contributed by atoms with Gasteiger partial charge in [-0.15, -0.1) is 0 Å². The van der Waals surface area contributed by atoms with Crippen LogP contribution >= 0.6 is 0 Å². The van der Waals surface area contributed by atoms with Gasteiger partial charge in [-0.25, -0.2) is 18.2 Å². The highest BCUT2D eigenvalue weighted by atomic mass is 32.2. The maximum Gasteiger partial charge on any atom is 0.338 e. The number of halogens is 2. The fraction of sp³-hybridized carbons (Fsp3) is 0.333. The van der Waals surface area contributed by atoms with Crippen molar-refractivity contribution < 1.29 is 31.5 Å². The van der Waals surface area contributed by atoms with E-state index >= 15 is 0 Å². The molecule has 2 heterocycles. The normalized spacial score (nSPS) is 14.9. The lowest BCUT2D eigenvalue weighted by atomic mass is 10.2. The van der Waals surface area contributed by atoms with E-state index in [1.54, 1.807) is 18.2 Å². The van der Waals surface area contributed by atoms with Crippen molar-refractivity contribution in [1.29, 1.82) is 0 Å². The first-order chi connectivity index (χ1) is 15.3. The molecule has 8 nitrogen and oxygen atoms in total. The number of imidazole rings is 1. The van der Waals surface area contributed by atoms with Crippen LogP contribution in [0.3, 0.4) is 0 Å². The number of ether oxygens (including phenoxy) is 2. The van der Waals surface area contributed by atoms with Crippen molar-refractivity contribution in [3.8, 4) is 5.75 Å². The topological polar surface area (TPSA) is 90.7 Å². The maximum atomic E-state index is 13.6. The average molecular weight is 465 g/mol. The number of carbonyl (C=O) groups is 1. The number of benzene rings is 2. The predicted octanol–water partition coefficient (Wildman–Crippen LogP) is 3.58. The molecule has 0 amide bonds. The summed E-state index contributed by atoms with van der Waals surface area (Å²) in [5.41, 5.74) is 0.530. The summed E-state index contributed by atoms with van der Waals surface area (Å²) in [7, 11) is -2.52. The number of nitrogens with zero attached hydrogens (tertiary/aromatic N) is 3. The first-order valence-corrected chi connectivity index (χ1v) is 11.4. The minimum atomic E-state index is -3.85. The number of alkyl halides is 2. The van der Waals surface area contributed by atoms with Gasteiger partial charge in [-0.2, -0.15) is 13.1 Å². The second-order valence-corrected chi connectivity index (χ2v) is 9.12. The van der Waals surface area contributed by atoms with Gasteiger partial charge in [-0.1, -0.05) is 12.1 Å². The Kier molecular flexibility index (Phi) is 6.11. The molecule has 1 aromatic heterocycles. The number of rotatable bonds is 7. The van der Waals surface area contributed by atoms with Crippen LogP contribution in [0, 0.1) is 0 Å². The second-order valence-electron chi connectivity index (χ2n) is 7.22. The molecular formula is C21H21F2N3O5S.